The predicted molar refractivity (Wildman–Crippen MR) is 69.6 cm³/mol. The summed E-state index contributed by atoms with van der Waals surface area (Å²) >= 11 is 5.73. The molecule has 0 bridgehead atoms. The van der Waals surface area contributed by atoms with Gasteiger partial charge in [0.15, 0.2) is 0 Å². The van der Waals surface area contributed by atoms with Crippen molar-refractivity contribution in [3.63, 3.8) is 0 Å². The van der Waals surface area contributed by atoms with E-state index in [1.165, 1.54) is 18.4 Å². The molecule has 2 atom stereocenters. The molecule has 0 fully saturated rings. The lowest BCUT2D eigenvalue weighted by Crippen LogP contribution is -2.27. The Kier molecular flexibility index (Phi) is 5.78. The van der Waals surface area contributed by atoms with Crippen LogP contribution >= 0.6 is 11.6 Å². The molecule has 1 aromatic rings. The molecular formula is C13H21ClN2. The summed E-state index contributed by atoms with van der Waals surface area (Å²) < 4.78 is 0. The fraction of sp³-hybridized carbons (Fsp3) is 0.615. The first kappa shape index (κ1) is 13.5. The van der Waals surface area contributed by atoms with Crippen LogP contribution in [0.2, 0.25) is 5.15 Å². The highest BCUT2D eigenvalue weighted by atomic mass is 35.5. The van der Waals surface area contributed by atoms with Crippen LogP contribution in [0, 0.1) is 5.92 Å². The first-order valence-electron chi connectivity index (χ1n) is 5.95. The van der Waals surface area contributed by atoms with Gasteiger partial charge in [-0.3, -0.25) is 0 Å². The number of hydrogen-bond donors (Lipinski definition) is 1. The molecule has 0 aliphatic heterocycles. The Morgan fingerprint density at radius 2 is 2.12 bits per heavy atom. The van der Waals surface area contributed by atoms with Crippen molar-refractivity contribution in [2.75, 3.05) is 0 Å². The highest BCUT2D eigenvalue weighted by Gasteiger charge is 2.06. The number of hydrogen-bond acceptors (Lipinski definition) is 2. The molecule has 0 saturated carbocycles. The van der Waals surface area contributed by atoms with Crippen molar-refractivity contribution in [2.24, 2.45) is 5.92 Å². The van der Waals surface area contributed by atoms with Gasteiger partial charge >= 0.3 is 0 Å². The van der Waals surface area contributed by atoms with Crippen LogP contribution < -0.4 is 5.32 Å². The summed E-state index contributed by atoms with van der Waals surface area (Å²) in [5.74, 6) is 0.783. The van der Waals surface area contributed by atoms with Crippen molar-refractivity contribution < 1.29 is 0 Å². The van der Waals surface area contributed by atoms with Crippen LogP contribution in [0.4, 0.5) is 0 Å². The van der Waals surface area contributed by atoms with Crippen molar-refractivity contribution in [1.82, 2.24) is 10.3 Å². The molecule has 1 rings (SSSR count). The van der Waals surface area contributed by atoms with E-state index in [4.69, 9.17) is 11.6 Å². The molecule has 90 valence electrons. The normalized spacial score (nSPS) is 14.8. The maximum Gasteiger partial charge on any atom is 0.129 e. The van der Waals surface area contributed by atoms with Gasteiger partial charge in [0, 0.05) is 18.8 Å². The van der Waals surface area contributed by atoms with Crippen molar-refractivity contribution in [3.05, 3.63) is 29.0 Å². The third kappa shape index (κ3) is 4.95. The summed E-state index contributed by atoms with van der Waals surface area (Å²) in [6, 6.07) is 4.39. The van der Waals surface area contributed by atoms with E-state index in [9.17, 15) is 0 Å². The molecule has 1 N–H and O–H groups in total. The number of pyridine rings is 1. The van der Waals surface area contributed by atoms with E-state index in [0.29, 0.717) is 11.2 Å². The summed E-state index contributed by atoms with van der Waals surface area (Å²) in [4.78, 5) is 4.06. The summed E-state index contributed by atoms with van der Waals surface area (Å²) in [5, 5.41) is 4.05. The van der Waals surface area contributed by atoms with E-state index in [0.717, 1.165) is 12.5 Å². The fourth-order valence-electron chi connectivity index (χ4n) is 1.66. The monoisotopic (exact) mass is 240 g/mol. The van der Waals surface area contributed by atoms with E-state index in [1.54, 1.807) is 0 Å². The average molecular weight is 241 g/mol. The van der Waals surface area contributed by atoms with Gasteiger partial charge in [-0.1, -0.05) is 37.9 Å². The second kappa shape index (κ2) is 6.87. The molecular weight excluding hydrogens is 220 g/mol. The van der Waals surface area contributed by atoms with E-state index >= 15 is 0 Å². The van der Waals surface area contributed by atoms with Gasteiger partial charge in [-0.15, -0.1) is 0 Å². The van der Waals surface area contributed by atoms with Crippen LogP contribution in [0.15, 0.2) is 18.3 Å². The van der Waals surface area contributed by atoms with Crippen molar-refractivity contribution in [2.45, 2.75) is 46.2 Å². The van der Waals surface area contributed by atoms with Crippen LogP contribution in [0.3, 0.4) is 0 Å². The summed E-state index contributed by atoms with van der Waals surface area (Å²) in [7, 11) is 0. The van der Waals surface area contributed by atoms with E-state index < -0.39 is 0 Å². The van der Waals surface area contributed by atoms with Crippen molar-refractivity contribution in [3.8, 4) is 0 Å². The highest BCUT2D eigenvalue weighted by molar-refractivity contribution is 6.29. The Morgan fingerprint density at radius 1 is 1.38 bits per heavy atom. The van der Waals surface area contributed by atoms with Crippen LogP contribution in [-0.4, -0.2) is 11.0 Å². The van der Waals surface area contributed by atoms with Crippen LogP contribution in [0.5, 0.6) is 0 Å². The Hall–Kier alpha value is -0.600. The maximum absolute atomic E-state index is 5.73. The zero-order valence-electron chi connectivity index (χ0n) is 10.3. The van der Waals surface area contributed by atoms with Crippen molar-refractivity contribution >= 4 is 11.6 Å². The lowest BCUT2D eigenvalue weighted by atomic mass is 10.0. The van der Waals surface area contributed by atoms with Gasteiger partial charge in [-0.25, -0.2) is 4.98 Å². The van der Waals surface area contributed by atoms with E-state index in [-0.39, 0.29) is 0 Å². The number of aromatic nitrogens is 1. The van der Waals surface area contributed by atoms with Gasteiger partial charge in [0.05, 0.1) is 0 Å². The van der Waals surface area contributed by atoms with Gasteiger partial charge in [0.2, 0.25) is 0 Å². The Bertz CT molecular complexity index is 297. The van der Waals surface area contributed by atoms with E-state index in [1.807, 2.05) is 18.3 Å². The average Bonchev–Trinajstić information content (AvgIpc) is 2.28. The quantitative estimate of drug-likeness (QED) is 0.768. The number of rotatable bonds is 6. The molecule has 0 radical (unpaired) electrons. The summed E-state index contributed by atoms with van der Waals surface area (Å²) in [6.45, 7) is 7.62. The highest BCUT2D eigenvalue weighted by Crippen LogP contribution is 2.10. The zero-order valence-corrected chi connectivity index (χ0v) is 11.1. The third-order valence-electron chi connectivity index (χ3n) is 2.90. The maximum atomic E-state index is 5.73. The molecule has 0 aliphatic rings. The lowest BCUT2D eigenvalue weighted by Gasteiger charge is -2.17. The first-order valence-corrected chi connectivity index (χ1v) is 6.33. The van der Waals surface area contributed by atoms with Crippen LogP contribution in [0.25, 0.3) is 0 Å². The van der Waals surface area contributed by atoms with Gasteiger partial charge in [0.1, 0.15) is 5.15 Å². The molecule has 2 unspecified atom stereocenters. The minimum atomic E-state index is 0.547. The van der Waals surface area contributed by atoms with Crippen LogP contribution in [0.1, 0.15) is 39.2 Å². The molecule has 0 aliphatic carbocycles. The standard InChI is InChI=1S/C13H21ClN2/c1-4-10(2)7-11(3)15-8-12-5-6-13(14)16-9-12/h5-6,9-11,15H,4,7-8H2,1-3H3. The number of halogens is 1. The first-order chi connectivity index (χ1) is 7.61. The number of nitrogens with one attached hydrogen (secondary N) is 1. The largest absolute Gasteiger partial charge is 0.310 e. The second-order valence-electron chi connectivity index (χ2n) is 4.52. The molecule has 0 spiro atoms. The molecule has 1 heterocycles. The summed E-state index contributed by atoms with van der Waals surface area (Å²) in [5.41, 5.74) is 1.18. The topological polar surface area (TPSA) is 24.9 Å². The van der Waals surface area contributed by atoms with E-state index in [2.05, 4.69) is 31.1 Å². The molecule has 1 aromatic heterocycles. The predicted octanol–water partition coefficient (Wildman–Crippen LogP) is 3.65. The van der Waals surface area contributed by atoms with Crippen LogP contribution in [-0.2, 0) is 6.54 Å². The molecule has 0 aromatic carbocycles. The molecule has 0 amide bonds. The lowest BCUT2D eigenvalue weighted by molar-refractivity contribution is 0.412. The third-order valence-corrected chi connectivity index (χ3v) is 3.12. The van der Waals surface area contributed by atoms with Crippen molar-refractivity contribution in [1.29, 1.82) is 0 Å². The zero-order chi connectivity index (χ0) is 12.0. The minimum absolute atomic E-state index is 0.547. The Morgan fingerprint density at radius 3 is 2.69 bits per heavy atom. The number of nitrogens with zero attached hydrogens (tertiary/aromatic N) is 1. The fourth-order valence-corrected chi connectivity index (χ4v) is 1.77. The van der Waals surface area contributed by atoms with Gasteiger partial charge in [-0.2, -0.15) is 0 Å². The Labute approximate surface area is 103 Å². The Balaban J connectivity index is 2.31. The SMILES string of the molecule is CCC(C)CC(C)NCc1ccc(Cl)nc1. The summed E-state index contributed by atoms with van der Waals surface area (Å²) in [6.07, 6.45) is 4.29. The van der Waals surface area contributed by atoms with Gasteiger partial charge < -0.3 is 5.32 Å². The molecule has 0 saturated heterocycles. The minimum Gasteiger partial charge on any atom is -0.310 e. The molecule has 3 heteroatoms. The van der Waals surface area contributed by atoms with Gasteiger partial charge in [-0.05, 0) is 30.9 Å². The smallest absolute Gasteiger partial charge is 0.129 e. The second-order valence-corrected chi connectivity index (χ2v) is 4.91. The van der Waals surface area contributed by atoms with Gasteiger partial charge in [0.25, 0.3) is 0 Å². The molecule has 2 nitrogen and oxygen atoms in total. The molecule has 16 heavy (non-hydrogen) atoms.